The van der Waals surface area contributed by atoms with E-state index in [4.69, 9.17) is 18.9 Å². The Morgan fingerprint density at radius 1 is 0.861 bits per heavy atom. The van der Waals surface area contributed by atoms with Gasteiger partial charge in [0, 0.05) is 34.1 Å². The fourth-order valence-electron chi connectivity index (χ4n) is 4.64. The molecule has 0 heterocycles. The van der Waals surface area contributed by atoms with E-state index in [-0.39, 0.29) is 25.4 Å². The highest BCUT2D eigenvalue weighted by Gasteiger charge is 2.26. The Balaban J connectivity index is 2.05. The fraction of sp³-hybridized carbons (Fsp3) is 0.467. The van der Waals surface area contributed by atoms with Gasteiger partial charge in [-0.05, 0) is 50.5 Å². The second-order valence-corrected chi connectivity index (χ2v) is 8.98. The van der Waals surface area contributed by atoms with Crippen LogP contribution in [0, 0.1) is 0 Å². The summed E-state index contributed by atoms with van der Waals surface area (Å²) in [5.41, 5.74) is 3.48. The third-order valence-corrected chi connectivity index (χ3v) is 6.66. The van der Waals surface area contributed by atoms with Crippen molar-refractivity contribution in [2.24, 2.45) is 0 Å². The van der Waals surface area contributed by atoms with Gasteiger partial charge < -0.3 is 18.9 Å². The SMILES string of the molecule is C=CC(=O)OC(CC)COc1c2c(c(OCC(CC)OC(=O)C=C)c3c(CC)cccc13)CCCC2. The Hall–Kier alpha value is -3.28. The van der Waals surface area contributed by atoms with Crippen LogP contribution in [0.5, 0.6) is 11.5 Å². The van der Waals surface area contributed by atoms with E-state index < -0.39 is 11.9 Å². The smallest absolute Gasteiger partial charge is 0.330 e. The van der Waals surface area contributed by atoms with Gasteiger partial charge in [0.1, 0.15) is 36.9 Å². The Morgan fingerprint density at radius 3 is 1.89 bits per heavy atom. The third-order valence-electron chi connectivity index (χ3n) is 6.66. The lowest BCUT2D eigenvalue weighted by molar-refractivity contribution is -0.145. The summed E-state index contributed by atoms with van der Waals surface area (Å²) in [5, 5.41) is 2.03. The van der Waals surface area contributed by atoms with E-state index >= 15 is 0 Å². The fourth-order valence-corrected chi connectivity index (χ4v) is 4.64. The van der Waals surface area contributed by atoms with Crippen LogP contribution < -0.4 is 9.47 Å². The molecule has 6 heteroatoms. The molecule has 0 bridgehead atoms. The normalized spacial score (nSPS) is 14.3. The minimum absolute atomic E-state index is 0.267. The third kappa shape index (κ3) is 6.28. The van der Waals surface area contributed by atoms with Gasteiger partial charge in [0.2, 0.25) is 0 Å². The Kier molecular flexibility index (Phi) is 9.97. The van der Waals surface area contributed by atoms with Crippen molar-refractivity contribution in [3.63, 3.8) is 0 Å². The predicted octanol–water partition coefficient (Wildman–Crippen LogP) is 6.05. The molecule has 0 spiro atoms. The molecule has 0 saturated heterocycles. The molecule has 2 aromatic rings. The van der Waals surface area contributed by atoms with Crippen LogP contribution in [-0.2, 0) is 38.3 Å². The van der Waals surface area contributed by atoms with Crippen LogP contribution in [0.15, 0.2) is 43.5 Å². The lowest BCUT2D eigenvalue weighted by Gasteiger charge is -2.28. The zero-order valence-electron chi connectivity index (χ0n) is 21.8. The van der Waals surface area contributed by atoms with Crippen molar-refractivity contribution < 1.29 is 28.5 Å². The van der Waals surface area contributed by atoms with Gasteiger partial charge in [-0.15, -0.1) is 0 Å². The maximum atomic E-state index is 11.8. The predicted molar refractivity (Wildman–Crippen MR) is 142 cm³/mol. The van der Waals surface area contributed by atoms with Crippen LogP contribution in [0.25, 0.3) is 10.8 Å². The zero-order valence-corrected chi connectivity index (χ0v) is 21.8. The van der Waals surface area contributed by atoms with Crippen molar-refractivity contribution in [1.29, 1.82) is 0 Å². The molecule has 0 radical (unpaired) electrons. The number of esters is 2. The van der Waals surface area contributed by atoms with Crippen LogP contribution in [0.1, 0.15) is 63.1 Å². The first-order chi connectivity index (χ1) is 17.5. The van der Waals surface area contributed by atoms with E-state index in [1.54, 1.807) is 0 Å². The molecule has 1 aliphatic rings. The number of hydrogen-bond acceptors (Lipinski definition) is 6. The molecule has 0 aliphatic heterocycles. The molecule has 2 unspecified atom stereocenters. The summed E-state index contributed by atoms with van der Waals surface area (Å²) in [6.45, 7) is 13.6. The number of carbonyl (C=O) groups is 2. The number of aryl methyl sites for hydroxylation is 1. The minimum Gasteiger partial charge on any atom is -0.489 e. The van der Waals surface area contributed by atoms with E-state index in [2.05, 4.69) is 32.2 Å². The average Bonchev–Trinajstić information content (AvgIpc) is 2.92. The summed E-state index contributed by atoms with van der Waals surface area (Å²) >= 11 is 0. The summed E-state index contributed by atoms with van der Waals surface area (Å²) in [6.07, 6.45) is 7.67. The van der Waals surface area contributed by atoms with Crippen molar-refractivity contribution >= 4 is 22.7 Å². The molecule has 194 valence electrons. The van der Waals surface area contributed by atoms with Crippen molar-refractivity contribution in [2.75, 3.05) is 13.2 Å². The standard InChI is InChI=1S/C30H38O6/c1-6-20-14-13-17-25-28(20)30(34-19-22(8-3)36-27(32)10-5)24-16-12-11-15-23(24)29(25)33-18-21(7-2)35-26(31)9-4/h9-10,13-14,17,21-22H,4-8,11-12,15-16,18-19H2,1-3H3. The largest absolute Gasteiger partial charge is 0.489 e. The monoisotopic (exact) mass is 494 g/mol. The molecule has 2 atom stereocenters. The van der Waals surface area contributed by atoms with E-state index in [9.17, 15) is 9.59 Å². The topological polar surface area (TPSA) is 71.1 Å². The summed E-state index contributed by atoms with van der Waals surface area (Å²) in [5.74, 6) is 0.818. The molecule has 0 fully saturated rings. The van der Waals surface area contributed by atoms with Gasteiger partial charge in [-0.25, -0.2) is 9.59 Å². The van der Waals surface area contributed by atoms with E-state index in [1.807, 2.05) is 19.9 Å². The summed E-state index contributed by atoms with van der Waals surface area (Å²) in [7, 11) is 0. The lowest BCUT2D eigenvalue weighted by atomic mass is 9.85. The van der Waals surface area contributed by atoms with Crippen LogP contribution >= 0.6 is 0 Å². The summed E-state index contributed by atoms with van der Waals surface area (Å²) < 4.78 is 23.8. The van der Waals surface area contributed by atoms with Gasteiger partial charge in [-0.3, -0.25) is 0 Å². The highest BCUT2D eigenvalue weighted by molar-refractivity contribution is 5.98. The van der Waals surface area contributed by atoms with Crippen LogP contribution in [0.3, 0.4) is 0 Å². The van der Waals surface area contributed by atoms with Crippen molar-refractivity contribution in [1.82, 2.24) is 0 Å². The van der Waals surface area contributed by atoms with Gasteiger partial charge in [0.15, 0.2) is 0 Å². The molecule has 36 heavy (non-hydrogen) atoms. The van der Waals surface area contributed by atoms with Crippen molar-refractivity contribution in [2.45, 2.75) is 77.9 Å². The first kappa shape index (κ1) is 27.3. The van der Waals surface area contributed by atoms with Gasteiger partial charge in [0.25, 0.3) is 0 Å². The first-order valence-electron chi connectivity index (χ1n) is 13.0. The Labute approximate surface area is 214 Å². The van der Waals surface area contributed by atoms with Crippen molar-refractivity contribution in [3.05, 3.63) is 60.2 Å². The minimum atomic E-state index is -0.447. The Bertz CT molecular complexity index is 1100. The molecule has 1 aliphatic carbocycles. The number of hydrogen-bond donors (Lipinski definition) is 0. The van der Waals surface area contributed by atoms with Crippen molar-refractivity contribution in [3.8, 4) is 11.5 Å². The number of fused-ring (bicyclic) bond motifs is 2. The average molecular weight is 495 g/mol. The number of rotatable bonds is 13. The van der Waals surface area contributed by atoms with E-state index in [0.717, 1.165) is 65.5 Å². The molecule has 0 N–H and O–H groups in total. The molecular formula is C30H38O6. The van der Waals surface area contributed by atoms with E-state index in [1.165, 1.54) is 17.7 Å². The second-order valence-electron chi connectivity index (χ2n) is 8.98. The van der Waals surface area contributed by atoms with Gasteiger partial charge >= 0.3 is 11.9 Å². The highest BCUT2D eigenvalue weighted by atomic mass is 16.6. The van der Waals surface area contributed by atoms with Crippen LogP contribution in [0.2, 0.25) is 0 Å². The second kappa shape index (κ2) is 13.1. The molecule has 0 saturated carbocycles. The quantitative estimate of drug-likeness (QED) is 0.249. The maximum absolute atomic E-state index is 11.8. The summed E-state index contributed by atoms with van der Waals surface area (Å²) in [4.78, 5) is 23.5. The summed E-state index contributed by atoms with van der Waals surface area (Å²) in [6, 6.07) is 6.23. The highest BCUT2D eigenvalue weighted by Crippen LogP contribution is 2.46. The molecule has 6 nitrogen and oxygen atoms in total. The first-order valence-corrected chi connectivity index (χ1v) is 13.0. The molecule has 2 aromatic carbocycles. The van der Waals surface area contributed by atoms with Crippen LogP contribution in [-0.4, -0.2) is 37.4 Å². The Morgan fingerprint density at radius 2 is 1.39 bits per heavy atom. The molecule has 0 amide bonds. The van der Waals surface area contributed by atoms with E-state index in [0.29, 0.717) is 12.8 Å². The zero-order chi connectivity index (χ0) is 26.1. The van der Waals surface area contributed by atoms with Gasteiger partial charge in [-0.1, -0.05) is 52.1 Å². The van der Waals surface area contributed by atoms with Gasteiger partial charge in [0.05, 0.1) is 0 Å². The number of ether oxygens (including phenoxy) is 4. The lowest BCUT2D eigenvalue weighted by Crippen LogP contribution is -2.25. The number of carbonyl (C=O) groups excluding carboxylic acids is 2. The number of benzene rings is 2. The molecule has 0 aromatic heterocycles. The molecule has 3 rings (SSSR count). The van der Waals surface area contributed by atoms with Gasteiger partial charge in [-0.2, -0.15) is 0 Å². The molecular weight excluding hydrogens is 456 g/mol. The van der Waals surface area contributed by atoms with Crippen LogP contribution in [0.4, 0.5) is 0 Å². The maximum Gasteiger partial charge on any atom is 0.330 e.